The Kier molecular flexibility index (Phi) is 4.23. The molecule has 0 saturated heterocycles. The Balaban J connectivity index is 1.60. The quantitative estimate of drug-likeness (QED) is 0.507. The lowest BCUT2D eigenvalue weighted by molar-refractivity contribution is 0.627. The molecular formula is C16H17N3S. The summed E-state index contributed by atoms with van der Waals surface area (Å²) in [6, 6.07) is 10.2. The van der Waals surface area contributed by atoms with Gasteiger partial charge in [0, 0.05) is 17.2 Å². The van der Waals surface area contributed by atoms with Crippen LogP contribution in [-0.4, -0.2) is 11.2 Å². The number of thiazole rings is 1. The van der Waals surface area contributed by atoms with Crippen LogP contribution in [0.1, 0.15) is 19.3 Å². The van der Waals surface area contributed by atoms with Gasteiger partial charge in [-0.15, -0.1) is 11.3 Å². The van der Waals surface area contributed by atoms with Gasteiger partial charge >= 0.3 is 0 Å². The predicted octanol–water partition coefficient (Wildman–Crippen LogP) is 4.56. The molecule has 1 N–H and O–H groups in total. The zero-order valence-electron chi connectivity index (χ0n) is 11.2. The lowest BCUT2D eigenvalue weighted by Gasteiger charge is -2.11. The number of rotatable bonds is 4. The van der Waals surface area contributed by atoms with Crippen molar-refractivity contribution >= 4 is 22.7 Å². The molecule has 1 unspecified atom stereocenters. The molecule has 0 radical (unpaired) electrons. The highest BCUT2D eigenvalue weighted by Gasteiger charge is 2.07. The van der Waals surface area contributed by atoms with E-state index in [2.05, 4.69) is 45.2 Å². The number of allylic oxidation sites excluding steroid dienone is 2. The minimum Gasteiger partial charge on any atom is -0.253 e. The molecule has 1 heterocycles. The summed E-state index contributed by atoms with van der Waals surface area (Å²) in [6.45, 7) is 0. The predicted molar refractivity (Wildman–Crippen MR) is 86.1 cm³/mol. The smallest absolute Gasteiger partial charge is 0.203 e. The van der Waals surface area contributed by atoms with Crippen molar-refractivity contribution in [3.8, 4) is 11.3 Å². The largest absolute Gasteiger partial charge is 0.253 e. The molecule has 0 saturated carbocycles. The van der Waals surface area contributed by atoms with Gasteiger partial charge in [0.1, 0.15) is 0 Å². The molecule has 0 amide bonds. The molecule has 102 valence electrons. The van der Waals surface area contributed by atoms with E-state index < -0.39 is 0 Å². The fourth-order valence-corrected chi connectivity index (χ4v) is 2.89. The Morgan fingerprint density at radius 3 is 2.95 bits per heavy atom. The summed E-state index contributed by atoms with van der Waals surface area (Å²) < 4.78 is 0. The summed E-state index contributed by atoms with van der Waals surface area (Å²) in [7, 11) is 0. The molecule has 0 aliphatic heterocycles. The van der Waals surface area contributed by atoms with Crippen LogP contribution >= 0.6 is 11.3 Å². The monoisotopic (exact) mass is 283 g/mol. The Hall–Kier alpha value is -1.94. The topological polar surface area (TPSA) is 37.3 Å². The van der Waals surface area contributed by atoms with Crippen LogP contribution in [0.2, 0.25) is 0 Å². The molecule has 0 fully saturated rings. The third kappa shape index (κ3) is 3.33. The van der Waals surface area contributed by atoms with Crippen molar-refractivity contribution < 1.29 is 0 Å². The summed E-state index contributed by atoms with van der Waals surface area (Å²) in [5.74, 6) is 0.557. The van der Waals surface area contributed by atoms with Gasteiger partial charge < -0.3 is 0 Å². The van der Waals surface area contributed by atoms with Crippen LogP contribution in [0, 0.1) is 5.92 Å². The van der Waals surface area contributed by atoms with Gasteiger partial charge in [-0.05, 0) is 25.2 Å². The second-order valence-electron chi connectivity index (χ2n) is 4.84. The summed E-state index contributed by atoms with van der Waals surface area (Å²) in [5.41, 5.74) is 5.17. The average molecular weight is 283 g/mol. The van der Waals surface area contributed by atoms with E-state index in [4.69, 9.17) is 0 Å². The molecule has 3 nitrogen and oxygen atoms in total. The van der Waals surface area contributed by atoms with Gasteiger partial charge in [-0.1, -0.05) is 42.5 Å². The molecule has 3 rings (SSSR count). The van der Waals surface area contributed by atoms with E-state index in [0.29, 0.717) is 5.92 Å². The summed E-state index contributed by atoms with van der Waals surface area (Å²) in [5, 5.41) is 7.20. The fourth-order valence-electron chi connectivity index (χ4n) is 2.22. The summed E-state index contributed by atoms with van der Waals surface area (Å²) in [6.07, 6.45) is 9.92. The first-order valence-corrected chi connectivity index (χ1v) is 7.75. The van der Waals surface area contributed by atoms with E-state index in [0.717, 1.165) is 29.2 Å². The van der Waals surface area contributed by atoms with Crippen LogP contribution in [0.15, 0.2) is 53.0 Å². The Bertz CT molecular complexity index is 601. The van der Waals surface area contributed by atoms with Gasteiger partial charge in [0.05, 0.1) is 5.69 Å². The number of nitrogens with one attached hydrogen (secondary N) is 1. The van der Waals surface area contributed by atoms with E-state index in [1.165, 1.54) is 6.42 Å². The second-order valence-corrected chi connectivity index (χ2v) is 5.70. The maximum Gasteiger partial charge on any atom is 0.203 e. The highest BCUT2D eigenvalue weighted by Crippen LogP contribution is 2.24. The zero-order valence-corrected chi connectivity index (χ0v) is 12.0. The second kappa shape index (κ2) is 6.48. The van der Waals surface area contributed by atoms with Crippen LogP contribution < -0.4 is 5.43 Å². The minimum atomic E-state index is 0.557. The normalized spacial score (nSPS) is 18.5. The van der Waals surface area contributed by atoms with E-state index in [1.807, 2.05) is 24.4 Å². The fraction of sp³-hybridized carbons (Fsp3) is 0.250. The molecule has 1 aliphatic carbocycles. The Morgan fingerprint density at radius 1 is 1.25 bits per heavy atom. The lowest BCUT2D eigenvalue weighted by atomic mass is 9.96. The van der Waals surface area contributed by atoms with Gasteiger partial charge in [0.2, 0.25) is 5.13 Å². The molecule has 1 atom stereocenters. The van der Waals surface area contributed by atoms with Crippen LogP contribution in [0.25, 0.3) is 11.3 Å². The number of hydrogen-bond donors (Lipinski definition) is 1. The molecule has 1 aliphatic rings. The molecule has 2 aromatic rings. The van der Waals surface area contributed by atoms with Gasteiger partial charge in [-0.3, -0.25) is 5.43 Å². The minimum absolute atomic E-state index is 0.557. The number of nitrogens with zero attached hydrogens (tertiary/aromatic N) is 2. The Morgan fingerprint density at radius 2 is 2.15 bits per heavy atom. The maximum atomic E-state index is 4.54. The number of hydrazone groups is 1. The molecule has 4 heteroatoms. The van der Waals surface area contributed by atoms with Gasteiger partial charge in [-0.2, -0.15) is 5.10 Å². The summed E-state index contributed by atoms with van der Waals surface area (Å²) in [4.78, 5) is 4.54. The highest BCUT2D eigenvalue weighted by molar-refractivity contribution is 7.14. The summed E-state index contributed by atoms with van der Waals surface area (Å²) >= 11 is 1.58. The first-order chi connectivity index (χ1) is 9.92. The highest BCUT2D eigenvalue weighted by atomic mass is 32.1. The van der Waals surface area contributed by atoms with Crippen LogP contribution in [0.4, 0.5) is 5.13 Å². The van der Waals surface area contributed by atoms with E-state index in [-0.39, 0.29) is 0 Å². The maximum absolute atomic E-state index is 4.54. The van der Waals surface area contributed by atoms with Crippen molar-refractivity contribution in [3.05, 3.63) is 47.9 Å². The lowest BCUT2D eigenvalue weighted by Crippen LogP contribution is -2.04. The van der Waals surface area contributed by atoms with Crippen LogP contribution in [0.5, 0.6) is 0 Å². The molecule has 0 bridgehead atoms. The molecule has 1 aromatic heterocycles. The van der Waals surface area contributed by atoms with Gasteiger partial charge in [0.15, 0.2) is 0 Å². The number of benzene rings is 1. The number of hydrogen-bond acceptors (Lipinski definition) is 4. The third-order valence-corrected chi connectivity index (χ3v) is 4.08. The zero-order chi connectivity index (χ0) is 13.6. The van der Waals surface area contributed by atoms with Crippen molar-refractivity contribution in [1.29, 1.82) is 0 Å². The van der Waals surface area contributed by atoms with E-state index in [1.54, 1.807) is 11.3 Å². The molecule has 20 heavy (non-hydrogen) atoms. The van der Waals surface area contributed by atoms with Crippen molar-refractivity contribution in [3.63, 3.8) is 0 Å². The SMILES string of the molecule is C1=CCC(C=NNc2nc(-c3ccccc3)cs2)CC1. The van der Waals surface area contributed by atoms with Crippen molar-refractivity contribution in [1.82, 2.24) is 4.98 Å². The van der Waals surface area contributed by atoms with Crippen molar-refractivity contribution in [2.45, 2.75) is 19.3 Å². The van der Waals surface area contributed by atoms with Gasteiger partial charge in [0.25, 0.3) is 0 Å². The molecular weight excluding hydrogens is 266 g/mol. The number of aromatic nitrogens is 1. The molecule has 0 spiro atoms. The third-order valence-electron chi connectivity index (χ3n) is 3.33. The van der Waals surface area contributed by atoms with E-state index in [9.17, 15) is 0 Å². The van der Waals surface area contributed by atoms with Crippen molar-refractivity contribution in [2.24, 2.45) is 11.0 Å². The Labute approximate surface area is 123 Å². The van der Waals surface area contributed by atoms with Crippen LogP contribution in [-0.2, 0) is 0 Å². The van der Waals surface area contributed by atoms with Crippen molar-refractivity contribution in [2.75, 3.05) is 5.43 Å². The van der Waals surface area contributed by atoms with Gasteiger partial charge in [-0.25, -0.2) is 4.98 Å². The average Bonchev–Trinajstić information content (AvgIpc) is 2.98. The molecule has 1 aromatic carbocycles. The first-order valence-electron chi connectivity index (χ1n) is 6.87. The van der Waals surface area contributed by atoms with E-state index >= 15 is 0 Å². The van der Waals surface area contributed by atoms with Crippen LogP contribution in [0.3, 0.4) is 0 Å². The number of anilines is 1. The standard InChI is InChI=1S/C16H17N3S/c1-3-7-13(8-4-1)11-17-19-16-18-15(12-20-16)14-9-5-2-6-10-14/h1-3,5-6,9-13H,4,7-8H2,(H,18,19). The first kappa shape index (κ1) is 13.1.